The number of aromatic nitrogens is 1. The maximum atomic E-state index is 12.4. The summed E-state index contributed by atoms with van der Waals surface area (Å²) in [6.07, 6.45) is 1.55. The zero-order valence-corrected chi connectivity index (χ0v) is 14.0. The first-order valence-electron chi connectivity index (χ1n) is 7.29. The molecule has 7 heteroatoms. The number of anilines is 1. The van der Waals surface area contributed by atoms with Crippen molar-refractivity contribution in [2.75, 3.05) is 26.6 Å². The number of carbonyl (C=O) groups is 1. The van der Waals surface area contributed by atoms with Crippen LogP contribution in [0.2, 0.25) is 0 Å². The van der Waals surface area contributed by atoms with Gasteiger partial charge in [0.05, 0.1) is 21.3 Å². The van der Waals surface area contributed by atoms with Gasteiger partial charge in [-0.15, -0.1) is 0 Å². The Balaban J connectivity index is 2.22. The van der Waals surface area contributed by atoms with Crippen molar-refractivity contribution in [1.29, 1.82) is 0 Å². The Morgan fingerprint density at radius 3 is 2.33 bits per heavy atom. The van der Waals surface area contributed by atoms with Gasteiger partial charge in [-0.3, -0.25) is 9.59 Å². The molecule has 0 spiro atoms. The molecule has 1 amide bonds. The number of carbonyl (C=O) groups excluding carboxylic acids is 1. The van der Waals surface area contributed by atoms with Gasteiger partial charge < -0.3 is 24.1 Å². The summed E-state index contributed by atoms with van der Waals surface area (Å²) in [6.45, 7) is 1.64. The average molecular weight is 332 g/mol. The van der Waals surface area contributed by atoms with Crippen LogP contribution in [-0.2, 0) is 4.79 Å². The lowest BCUT2D eigenvalue weighted by Gasteiger charge is -2.16. The molecule has 0 aliphatic heterocycles. The summed E-state index contributed by atoms with van der Waals surface area (Å²) < 4.78 is 16.7. The van der Waals surface area contributed by atoms with Crippen LogP contribution < -0.4 is 25.1 Å². The molecular formula is C17H20N2O5. The van der Waals surface area contributed by atoms with Gasteiger partial charge in [-0.25, -0.2) is 0 Å². The Hall–Kier alpha value is -2.96. The molecule has 0 fully saturated rings. The number of nitrogens with one attached hydrogen (secondary N) is 1. The quantitative estimate of drug-likeness (QED) is 0.876. The summed E-state index contributed by atoms with van der Waals surface area (Å²) in [5.41, 5.74) is 0.176. The van der Waals surface area contributed by atoms with Crippen molar-refractivity contribution in [3.05, 3.63) is 46.9 Å². The zero-order valence-electron chi connectivity index (χ0n) is 14.0. The van der Waals surface area contributed by atoms with Crippen LogP contribution in [0.25, 0.3) is 0 Å². The van der Waals surface area contributed by atoms with E-state index in [2.05, 4.69) is 5.32 Å². The summed E-state index contributed by atoms with van der Waals surface area (Å²) in [5.74, 6) is 0.912. The zero-order chi connectivity index (χ0) is 17.7. The molecule has 0 aliphatic rings. The summed E-state index contributed by atoms with van der Waals surface area (Å²) in [6, 6.07) is 7.54. The van der Waals surface area contributed by atoms with E-state index in [1.54, 1.807) is 43.5 Å². The number of benzene rings is 1. The second kappa shape index (κ2) is 7.54. The van der Waals surface area contributed by atoms with Gasteiger partial charge >= 0.3 is 0 Å². The van der Waals surface area contributed by atoms with Gasteiger partial charge in [0.2, 0.25) is 5.91 Å². The van der Waals surface area contributed by atoms with Gasteiger partial charge in [-0.1, -0.05) is 0 Å². The molecule has 128 valence electrons. The van der Waals surface area contributed by atoms with Gasteiger partial charge in [-0.2, -0.15) is 0 Å². The Morgan fingerprint density at radius 2 is 1.71 bits per heavy atom. The molecule has 1 atom stereocenters. The Kier molecular flexibility index (Phi) is 5.47. The van der Waals surface area contributed by atoms with Crippen molar-refractivity contribution in [2.24, 2.45) is 0 Å². The summed E-state index contributed by atoms with van der Waals surface area (Å²) >= 11 is 0. The third-order valence-electron chi connectivity index (χ3n) is 3.61. The van der Waals surface area contributed by atoms with Crippen molar-refractivity contribution < 1.29 is 19.0 Å². The van der Waals surface area contributed by atoms with Crippen molar-refractivity contribution in [3.8, 4) is 17.2 Å². The smallest absolute Gasteiger partial charge is 0.293 e. The Bertz CT molecular complexity index is 785. The fraction of sp³-hybridized carbons (Fsp3) is 0.294. The molecule has 7 nitrogen and oxygen atoms in total. The van der Waals surface area contributed by atoms with E-state index >= 15 is 0 Å². The maximum absolute atomic E-state index is 12.4. The van der Waals surface area contributed by atoms with Crippen LogP contribution in [0, 0.1) is 0 Å². The first kappa shape index (κ1) is 17.4. The number of methoxy groups -OCH3 is 3. The Labute approximate surface area is 139 Å². The second-order valence-electron chi connectivity index (χ2n) is 5.02. The van der Waals surface area contributed by atoms with Gasteiger partial charge in [0.25, 0.3) is 5.56 Å². The molecule has 1 unspecified atom stereocenters. The molecule has 24 heavy (non-hydrogen) atoms. The molecule has 0 saturated heterocycles. The van der Waals surface area contributed by atoms with Crippen LogP contribution in [-0.4, -0.2) is 31.8 Å². The van der Waals surface area contributed by atoms with E-state index in [0.717, 1.165) is 0 Å². The van der Waals surface area contributed by atoms with Crippen molar-refractivity contribution in [3.63, 3.8) is 0 Å². The highest BCUT2D eigenvalue weighted by molar-refractivity contribution is 5.93. The largest absolute Gasteiger partial charge is 0.493 e. The number of hydrogen-bond donors (Lipinski definition) is 1. The van der Waals surface area contributed by atoms with E-state index in [1.807, 2.05) is 0 Å². The second-order valence-corrected chi connectivity index (χ2v) is 5.02. The van der Waals surface area contributed by atoms with E-state index in [0.29, 0.717) is 17.2 Å². The summed E-state index contributed by atoms with van der Waals surface area (Å²) in [7, 11) is 4.46. The van der Waals surface area contributed by atoms with Gasteiger partial charge in [0, 0.05) is 18.0 Å². The number of pyridine rings is 1. The van der Waals surface area contributed by atoms with Crippen LogP contribution in [0.15, 0.2) is 41.3 Å². The van der Waals surface area contributed by atoms with E-state index in [1.165, 1.54) is 25.9 Å². The van der Waals surface area contributed by atoms with Crippen LogP contribution >= 0.6 is 0 Å². The van der Waals surface area contributed by atoms with Gasteiger partial charge in [-0.05, 0) is 31.2 Å². The molecular weight excluding hydrogens is 312 g/mol. The third kappa shape index (κ3) is 3.51. The predicted octanol–water partition coefficient (Wildman–Crippen LogP) is 2.07. The molecule has 0 radical (unpaired) electrons. The number of amides is 1. The first-order valence-corrected chi connectivity index (χ1v) is 7.29. The van der Waals surface area contributed by atoms with Gasteiger partial charge in [0.15, 0.2) is 17.2 Å². The molecule has 1 heterocycles. The van der Waals surface area contributed by atoms with Crippen LogP contribution in [0.4, 0.5) is 5.69 Å². The highest BCUT2D eigenvalue weighted by Crippen LogP contribution is 2.30. The highest BCUT2D eigenvalue weighted by Gasteiger charge is 2.18. The lowest BCUT2D eigenvalue weighted by atomic mass is 10.2. The third-order valence-corrected chi connectivity index (χ3v) is 3.61. The van der Waals surface area contributed by atoms with Crippen LogP contribution in [0.1, 0.15) is 13.0 Å². The molecule has 0 aliphatic carbocycles. The lowest BCUT2D eigenvalue weighted by Crippen LogP contribution is -2.31. The molecule has 2 aromatic rings. The van der Waals surface area contributed by atoms with Crippen LogP contribution in [0.3, 0.4) is 0 Å². The van der Waals surface area contributed by atoms with E-state index in [-0.39, 0.29) is 17.2 Å². The molecule has 1 aromatic carbocycles. The predicted molar refractivity (Wildman–Crippen MR) is 90.1 cm³/mol. The standard InChI is InChI=1S/C17H20N2O5/c1-11(19-9-5-6-14(23-3)17(19)21)16(20)18-12-7-8-13(22-2)15(10-12)24-4/h5-11H,1-4H3,(H,18,20). The number of ether oxygens (including phenoxy) is 3. The molecule has 0 bridgehead atoms. The summed E-state index contributed by atoms with van der Waals surface area (Å²) in [4.78, 5) is 24.6. The minimum atomic E-state index is -0.708. The number of hydrogen-bond acceptors (Lipinski definition) is 5. The minimum absolute atomic E-state index is 0.184. The van der Waals surface area contributed by atoms with Crippen molar-refractivity contribution in [2.45, 2.75) is 13.0 Å². The molecule has 1 N–H and O–H groups in total. The van der Waals surface area contributed by atoms with Crippen molar-refractivity contribution in [1.82, 2.24) is 4.57 Å². The Morgan fingerprint density at radius 1 is 1.04 bits per heavy atom. The van der Waals surface area contributed by atoms with Crippen molar-refractivity contribution >= 4 is 11.6 Å². The molecule has 0 saturated carbocycles. The SMILES string of the molecule is COc1ccc(NC(=O)C(C)n2cccc(OC)c2=O)cc1OC. The highest BCUT2D eigenvalue weighted by atomic mass is 16.5. The van der Waals surface area contributed by atoms with E-state index in [9.17, 15) is 9.59 Å². The van der Waals surface area contributed by atoms with E-state index in [4.69, 9.17) is 14.2 Å². The lowest BCUT2D eigenvalue weighted by molar-refractivity contribution is -0.118. The topological polar surface area (TPSA) is 78.8 Å². The molecule has 1 aromatic heterocycles. The molecule has 2 rings (SSSR count). The maximum Gasteiger partial charge on any atom is 0.293 e. The number of rotatable bonds is 6. The average Bonchev–Trinajstić information content (AvgIpc) is 2.61. The fourth-order valence-corrected chi connectivity index (χ4v) is 2.24. The summed E-state index contributed by atoms with van der Waals surface area (Å²) in [5, 5.41) is 2.76. The van der Waals surface area contributed by atoms with Crippen LogP contribution in [0.5, 0.6) is 17.2 Å². The monoisotopic (exact) mass is 332 g/mol. The normalized spacial score (nSPS) is 11.5. The minimum Gasteiger partial charge on any atom is -0.493 e. The fourth-order valence-electron chi connectivity index (χ4n) is 2.24. The number of nitrogens with zero attached hydrogens (tertiary/aromatic N) is 1. The van der Waals surface area contributed by atoms with E-state index < -0.39 is 6.04 Å². The first-order chi connectivity index (χ1) is 11.5. The van der Waals surface area contributed by atoms with Gasteiger partial charge in [0.1, 0.15) is 6.04 Å².